The minimum absolute atomic E-state index is 0.257. The maximum Gasteiger partial charge on any atom is 0.227 e. The van der Waals surface area contributed by atoms with E-state index < -0.39 is 0 Å². The van der Waals surface area contributed by atoms with Crippen molar-refractivity contribution in [2.45, 2.75) is 25.8 Å². The molecule has 2 aliphatic rings. The van der Waals surface area contributed by atoms with Gasteiger partial charge in [0.15, 0.2) is 0 Å². The number of benzene rings is 1. The quantitative estimate of drug-likeness (QED) is 0.789. The second kappa shape index (κ2) is 6.27. The highest BCUT2D eigenvalue weighted by Crippen LogP contribution is 2.27. The van der Waals surface area contributed by atoms with Crippen LogP contribution in [0.3, 0.4) is 0 Å². The first kappa shape index (κ1) is 14.1. The fraction of sp³-hybridized carbons (Fsp3) is 0.562. The van der Waals surface area contributed by atoms with Crippen molar-refractivity contribution in [1.82, 2.24) is 4.90 Å². The molecule has 0 aliphatic carbocycles. The molecule has 20 heavy (non-hydrogen) atoms. The van der Waals surface area contributed by atoms with E-state index in [-0.39, 0.29) is 5.91 Å². The lowest BCUT2D eigenvalue weighted by Crippen LogP contribution is -2.25. The van der Waals surface area contributed by atoms with Crippen LogP contribution < -0.4 is 4.90 Å². The molecular formula is C16H21BrN2O. The maximum atomic E-state index is 12.1. The summed E-state index contributed by atoms with van der Waals surface area (Å²) in [5.74, 6) is 0.706. The molecule has 0 saturated carbocycles. The third-order valence-corrected chi connectivity index (χ3v) is 5.17. The molecule has 2 fully saturated rings. The van der Waals surface area contributed by atoms with Crippen LogP contribution in [0, 0.1) is 5.92 Å². The van der Waals surface area contributed by atoms with Gasteiger partial charge in [-0.2, -0.15) is 0 Å². The van der Waals surface area contributed by atoms with Crippen molar-refractivity contribution in [3.05, 3.63) is 29.8 Å². The third-order valence-electron chi connectivity index (χ3n) is 4.25. The molecule has 1 aromatic carbocycles. The van der Waals surface area contributed by atoms with Crippen LogP contribution in [0.15, 0.2) is 24.3 Å². The Bertz CT molecular complexity index is 485. The molecule has 0 aromatic heterocycles. The molecule has 1 aromatic rings. The van der Waals surface area contributed by atoms with E-state index in [1.165, 1.54) is 31.5 Å². The Kier molecular flexibility index (Phi) is 4.41. The largest absolute Gasteiger partial charge is 0.312 e. The van der Waals surface area contributed by atoms with Crippen LogP contribution in [0.4, 0.5) is 5.69 Å². The number of nitrogens with zero attached hydrogens (tertiary/aromatic N) is 2. The monoisotopic (exact) mass is 336 g/mol. The Morgan fingerprint density at radius 2 is 2.05 bits per heavy atom. The molecule has 2 saturated heterocycles. The number of amides is 1. The summed E-state index contributed by atoms with van der Waals surface area (Å²) in [6.45, 7) is 4.27. The van der Waals surface area contributed by atoms with E-state index in [1.807, 2.05) is 4.90 Å². The second-order valence-corrected chi connectivity index (χ2v) is 6.53. The predicted octanol–water partition coefficient (Wildman–Crippen LogP) is 3.03. The van der Waals surface area contributed by atoms with Gasteiger partial charge in [0, 0.05) is 30.5 Å². The Morgan fingerprint density at radius 3 is 2.75 bits per heavy atom. The van der Waals surface area contributed by atoms with Gasteiger partial charge in [0.05, 0.1) is 0 Å². The minimum atomic E-state index is 0.257. The molecule has 4 heteroatoms. The van der Waals surface area contributed by atoms with Gasteiger partial charge in [-0.1, -0.05) is 28.1 Å². The van der Waals surface area contributed by atoms with Crippen molar-refractivity contribution in [2.75, 3.05) is 29.9 Å². The van der Waals surface area contributed by atoms with Crippen LogP contribution in [-0.2, 0) is 11.3 Å². The number of likely N-dealkylation sites (tertiary alicyclic amines) is 1. The minimum Gasteiger partial charge on any atom is -0.312 e. The number of hydrogen-bond acceptors (Lipinski definition) is 2. The standard InChI is InChI=1S/C16H21BrN2O/c17-10-14-9-16(20)19(12-14)15-5-3-4-13(8-15)11-18-6-1-2-7-18/h3-5,8,14H,1-2,6-7,9-12H2. The fourth-order valence-corrected chi connectivity index (χ4v) is 3.59. The van der Waals surface area contributed by atoms with Gasteiger partial charge in [-0.05, 0) is 49.5 Å². The summed E-state index contributed by atoms with van der Waals surface area (Å²) < 4.78 is 0. The maximum absolute atomic E-state index is 12.1. The number of rotatable bonds is 4. The van der Waals surface area contributed by atoms with Gasteiger partial charge in [0.1, 0.15) is 0 Å². The summed E-state index contributed by atoms with van der Waals surface area (Å²) in [5.41, 5.74) is 2.38. The normalized spacial score (nSPS) is 23.8. The fourth-order valence-electron chi connectivity index (χ4n) is 3.16. The molecule has 0 radical (unpaired) electrons. The van der Waals surface area contributed by atoms with Crippen LogP contribution in [-0.4, -0.2) is 35.8 Å². The van der Waals surface area contributed by atoms with Crippen molar-refractivity contribution in [3.63, 3.8) is 0 Å². The van der Waals surface area contributed by atoms with Crippen molar-refractivity contribution >= 4 is 27.5 Å². The highest BCUT2D eigenvalue weighted by molar-refractivity contribution is 9.09. The third kappa shape index (κ3) is 3.07. The van der Waals surface area contributed by atoms with E-state index in [9.17, 15) is 4.79 Å². The van der Waals surface area contributed by atoms with Gasteiger partial charge >= 0.3 is 0 Å². The first-order valence-electron chi connectivity index (χ1n) is 7.44. The molecule has 108 valence electrons. The molecule has 1 amide bonds. The first-order chi connectivity index (χ1) is 9.76. The van der Waals surface area contributed by atoms with E-state index in [0.29, 0.717) is 12.3 Å². The van der Waals surface area contributed by atoms with Crippen molar-refractivity contribution in [1.29, 1.82) is 0 Å². The summed E-state index contributed by atoms with van der Waals surface area (Å²) >= 11 is 3.49. The summed E-state index contributed by atoms with van der Waals surface area (Å²) in [4.78, 5) is 16.5. The molecule has 1 atom stereocenters. The molecule has 3 rings (SSSR count). The van der Waals surface area contributed by atoms with Crippen molar-refractivity contribution < 1.29 is 4.79 Å². The molecule has 0 N–H and O–H groups in total. The van der Waals surface area contributed by atoms with Crippen molar-refractivity contribution in [2.24, 2.45) is 5.92 Å². The van der Waals surface area contributed by atoms with Gasteiger partial charge < -0.3 is 4.90 Å². The molecule has 0 bridgehead atoms. The van der Waals surface area contributed by atoms with E-state index in [4.69, 9.17) is 0 Å². The molecular weight excluding hydrogens is 316 g/mol. The zero-order chi connectivity index (χ0) is 13.9. The van der Waals surface area contributed by atoms with Crippen molar-refractivity contribution in [3.8, 4) is 0 Å². The molecule has 3 nitrogen and oxygen atoms in total. The van der Waals surface area contributed by atoms with Crippen LogP contribution in [0.25, 0.3) is 0 Å². The second-order valence-electron chi connectivity index (χ2n) is 5.88. The van der Waals surface area contributed by atoms with Crippen LogP contribution in [0.5, 0.6) is 0 Å². The van der Waals surface area contributed by atoms with Gasteiger partial charge in [0.25, 0.3) is 0 Å². The van der Waals surface area contributed by atoms with Gasteiger partial charge in [-0.25, -0.2) is 0 Å². The zero-order valence-corrected chi connectivity index (χ0v) is 13.3. The smallest absolute Gasteiger partial charge is 0.227 e. The average Bonchev–Trinajstić information content (AvgIpc) is 3.08. The molecule has 2 aliphatic heterocycles. The topological polar surface area (TPSA) is 23.6 Å². The summed E-state index contributed by atoms with van der Waals surface area (Å²) in [6, 6.07) is 8.49. The zero-order valence-electron chi connectivity index (χ0n) is 11.7. The Hall–Kier alpha value is -0.870. The number of anilines is 1. The molecule has 1 unspecified atom stereocenters. The Labute approximate surface area is 129 Å². The van der Waals surface area contributed by atoms with Gasteiger partial charge in [-0.3, -0.25) is 9.69 Å². The van der Waals surface area contributed by atoms with Crippen LogP contribution in [0.1, 0.15) is 24.8 Å². The summed E-state index contributed by atoms with van der Waals surface area (Å²) in [6.07, 6.45) is 3.30. The van der Waals surface area contributed by atoms with E-state index in [1.54, 1.807) is 0 Å². The molecule has 0 spiro atoms. The number of carbonyl (C=O) groups is 1. The first-order valence-corrected chi connectivity index (χ1v) is 8.56. The van der Waals surface area contributed by atoms with Gasteiger partial charge in [0.2, 0.25) is 5.91 Å². The van der Waals surface area contributed by atoms with Crippen LogP contribution in [0.2, 0.25) is 0 Å². The average molecular weight is 337 g/mol. The predicted molar refractivity (Wildman–Crippen MR) is 85.2 cm³/mol. The number of halogens is 1. The number of hydrogen-bond donors (Lipinski definition) is 0. The lowest BCUT2D eigenvalue weighted by Gasteiger charge is -2.19. The SMILES string of the molecule is O=C1CC(CBr)CN1c1cccc(CN2CCCC2)c1. The summed E-state index contributed by atoms with van der Waals surface area (Å²) in [7, 11) is 0. The number of alkyl halides is 1. The lowest BCUT2D eigenvalue weighted by atomic mass is 10.1. The summed E-state index contributed by atoms with van der Waals surface area (Å²) in [5, 5.41) is 0.905. The Balaban J connectivity index is 1.72. The Morgan fingerprint density at radius 1 is 1.25 bits per heavy atom. The van der Waals surface area contributed by atoms with E-state index in [0.717, 1.165) is 24.1 Å². The highest BCUT2D eigenvalue weighted by Gasteiger charge is 2.29. The van der Waals surface area contributed by atoms with E-state index >= 15 is 0 Å². The highest BCUT2D eigenvalue weighted by atomic mass is 79.9. The number of carbonyl (C=O) groups excluding carboxylic acids is 1. The molecule has 2 heterocycles. The van der Waals surface area contributed by atoms with Crippen LogP contribution >= 0.6 is 15.9 Å². The van der Waals surface area contributed by atoms with Gasteiger partial charge in [-0.15, -0.1) is 0 Å². The lowest BCUT2D eigenvalue weighted by molar-refractivity contribution is -0.117. The van der Waals surface area contributed by atoms with E-state index in [2.05, 4.69) is 45.1 Å².